The second kappa shape index (κ2) is 6.75. The highest BCUT2D eigenvalue weighted by Crippen LogP contribution is 2.18. The summed E-state index contributed by atoms with van der Waals surface area (Å²) in [7, 11) is 1.62. The van der Waals surface area contributed by atoms with Crippen LogP contribution in [-0.4, -0.2) is 26.2 Å². The fraction of sp³-hybridized carbons (Fsp3) is 0.417. The molecule has 0 bridgehead atoms. The lowest BCUT2D eigenvalue weighted by atomic mass is 10.1. The molecule has 5 heteroatoms. The van der Waals surface area contributed by atoms with Gasteiger partial charge in [-0.1, -0.05) is 6.07 Å². The molecule has 0 atom stereocenters. The molecule has 0 aliphatic carbocycles. The van der Waals surface area contributed by atoms with Crippen molar-refractivity contribution >= 4 is 5.91 Å². The number of amides is 1. The Kier molecular flexibility index (Phi) is 5.29. The van der Waals surface area contributed by atoms with E-state index >= 15 is 0 Å². The highest BCUT2D eigenvalue weighted by Gasteiger charge is 2.10. The summed E-state index contributed by atoms with van der Waals surface area (Å²) in [6, 6.07) is 5.01. The number of rotatable bonds is 6. The molecule has 1 aromatic rings. The zero-order valence-corrected chi connectivity index (χ0v) is 9.93. The Balaban J connectivity index is 2.68. The first-order chi connectivity index (χ1) is 8.19. The molecule has 0 aliphatic heterocycles. The minimum Gasteiger partial charge on any atom is -0.493 e. The van der Waals surface area contributed by atoms with E-state index in [0.717, 1.165) is 6.42 Å². The van der Waals surface area contributed by atoms with Crippen LogP contribution in [0.2, 0.25) is 0 Å². The molecular formula is C12H15NO4. The largest absolute Gasteiger partial charge is 0.493 e. The van der Waals surface area contributed by atoms with E-state index in [9.17, 15) is 9.70 Å². The predicted octanol–water partition coefficient (Wildman–Crippen LogP) is 2.32. The number of hydrogen-bond donors (Lipinski definition) is 0. The number of aryl methyl sites for hydroxylation is 1. The van der Waals surface area contributed by atoms with Crippen molar-refractivity contribution < 1.29 is 14.3 Å². The van der Waals surface area contributed by atoms with Gasteiger partial charge in [-0.25, -0.2) is 0 Å². The molecule has 0 spiro atoms. The van der Waals surface area contributed by atoms with Gasteiger partial charge in [0.1, 0.15) is 5.75 Å². The highest BCUT2D eigenvalue weighted by atomic mass is 16.5. The first-order valence-electron chi connectivity index (χ1n) is 5.29. The van der Waals surface area contributed by atoms with Crippen molar-refractivity contribution in [1.29, 1.82) is 0 Å². The number of methoxy groups -OCH3 is 1. The smallest absolute Gasteiger partial charge is 0.317 e. The molecule has 0 N–H and O–H groups in total. The number of carbonyl (C=O) groups excluding carboxylic acids is 1. The standard InChI is InChI=1S/C12H15NO4/c1-9-4-5-10(17-7-3-6-16-2)8-11(9)12(14)13-15/h4-5,8H,3,6-7H2,1-2H3. The normalized spacial score (nSPS) is 10.0. The maximum atomic E-state index is 11.2. The highest BCUT2D eigenvalue weighted by molar-refractivity contribution is 5.96. The number of carbonyl (C=O) groups is 1. The van der Waals surface area contributed by atoms with Crippen LogP contribution in [0.1, 0.15) is 22.3 Å². The molecule has 1 rings (SSSR count). The summed E-state index contributed by atoms with van der Waals surface area (Å²) >= 11 is 0. The van der Waals surface area contributed by atoms with Crippen LogP contribution in [0, 0.1) is 11.8 Å². The van der Waals surface area contributed by atoms with Crippen molar-refractivity contribution in [2.75, 3.05) is 20.3 Å². The Bertz CT molecular complexity index is 403. The van der Waals surface area contributed by atoms with Crippen molar-refractivity contribution in [3.8, 4) is 5.75 Å². The summed E-state index contributed by atoms with van der Waals surface area (Å²) < 4.78 is 10.3. The number of benzene rings is 1. The summed E-state index contributed by atoms with van der Waals surface area (Å²) in [5.74, 6) is -0.219. The van der Waals surface area contributed by atoms with Gasteiger partial charge in [-0.2, -0.15) is 0 Å². The van der Waals surface area contributed by atoms with Gasteiger partial charge < -0.3 is 9.47 Å². The summed E-state index contributed by atoms with van der Waals surface area (Å²) in [4.78, 5) is 21.4. The number of hydrogen-bond acceptors (Lipinski definition) is 4. The van der Waals surface area contributed by atoms with Crippen LogP contribution >= 0.6 is 0 Å². The van der Waals surface area contributed by atoms with Gasteiger partial charge in [0.15, 0.2) is 0 Å². The Labute approximate surface area is 99.7 Å². The maximum absolute atomic E-state index is 11.2. The van der Waals surface area contributed by atoms with Crippen LogP contribution in [-0.2, 0) is 4.74 Å². The van der Waals surface area contributed by atoms with Gasteiger partial charge in [-0.05, 0) is 24.6 Å². The molecule has 0 aromatic heterocycles. The monoisotopic (exact) mass is 237 g/mol. The van der Waals surface area contributed by atoms with Crippen molar-refractivity contribution in [1.82, 2.24) is 0 Å². The summed E-state index contributed by atoms with van der Waals surface area (Å²) in [5, 5.41) is 2.41. The van der Waals surface area contributed by atoms with E-state index < -0.39 is 5.91 Å². The molecule has 1 amide bonds. The van der Waals surface area contributed by atoms with Gasteiger partial charge in [-0.3, -0.25) is 4.79 Å². The molecule has 17 heavy (non-hydrogen) atoms. The van der Waals surface area contributed by atoms with Gasteiger partial charge >= 0.3 is 5.91 Å². The van der Waals surface area contributed by atoms with Crippen LogP contribution < -0.4 is 4.74 Å². The van der Waals surface area contributed by atoms with E-state index in [1.54, 1.807) is 26.2 Å². The second-order valence-corrected chi connectivity index (χ2v) is 3.57. The molecule has 5 nitrogen and oxygen atoms in total. The van der Waals surface area contributed by atoms with E-state index in [4.69, 9.17) is 9.47 Å². The molecule has 92 valence electrons. The molecule has 0 saturated carbocycles. The average Bonchev–Trinajstić information content (AvgIpc) is 2.35. The van der Waals surface area contributed by atoms with Gasteiger partial charge in [0.2, 0.25) is 0 Å². The van der Waals surface area contributed by atoms with Crippen molar-refractivity contribution in [2.24, 2.45) is 5.18 Å². The Morgan fingerprint density at radius 2 is 2.12 bits per heavy atom. The fourth-order valence-electron chi connectivity index (χ4n) is 1.36. The summed E-state index contributed by atoms with van der Waals surface area (Å²) in [5.41, 5.74) is 0.989. The molecule has 0 aliphatic rings. The van der Waals surface area contributed by atoms with Crippen molar-refractivity contribution in [3.05, 3.63) is 34.2 Å². The quantitative estimate of drug-likeness (QED) is 0.562. The molecule has 0 heterocycles. The molecule has 0 saturated heterocycles. The third-order valence-corrected chi connectivity index (χ3v) is 2.28. The topological polar surface area (TPSA) is 65.0 Å². The predicted molar refractivity (Wildman–Crippen MR) is 63.3 cm³/mol. The van der Waals surface area contributed by atoms with Crippen LogP contribution in [0.3, 0.4) is 0 Å². The van der Waals surface area contributed by atoms with E-state index in [-0.39, 0.29) is 5.56 Å². The van der Waals surface area contributed by atoms with Crippen molar-refractivity contribution in [3.63, 3.8) is 0 Å². The van der Waals surface area contributed by atoms with E-state index in [2.05, 4.69) is 5.18 Å². The number of ether oxygens (including phenoxy) is 2. The molecular weight excluding hydrogens is 222 g/mol. The molecule has 1 aromatic carbocycles. The van der Waals surface area contributed by atoms with Crippen LogP contribution in [0.4, 0.5) is 0 Å². The van der Waals surface area contributed by atoms with E-state index in [0.29, 0.717) is 24.5 Å². The van der Waals surface area contributed by atoms with Crippen LogP contribution in [0.25, 0.3) is 0 Å². The average molecular weight is 237 g/mol. The second-order valence-electron chi connectivity index (χ2n) is 3.57. The minimum atomic E-state index is -0.773. The Hall–Kier alpha value is -1.75. The number of nitrogens with zero attached hydrogens (tertiary/aromatic N) is 1. The molecule has 0 fully saturated rings. The van der Waals surface area contributed by atoms with E-state index in [1.807, 2.05) is 0 Å². The number of nitroso groups, excluding NO2 is 1. The van der Waals surface area contributed by atoms with Gasteiger partial charge in [0, 0.05) is 25.3 Å². The first-order valence-corrected chi connectivity index (χ1v) is 5.29. The first kappa shape index (κ1) is 13.3. The summed E-state index contributed by atoms with van der Waals surface area (Å²) in [6.07, 6.45) is 0.763. The van der Waals surface area contributed by atoms with Crippen LogP contribution in [0.15, 0.2) is 23.4 Å². The zero-order valence-electron chi connectivity index (χ0n) is 9.93. The maximum Gasteiger partial charge on any atom is 0.317 e. The van der Waals surface area contributed by atoms with Gasteiger partial charge in [-0.15, -0.1) is 4.91 Å². The molecule has 0 radical (unpaired) electrons. The Morgan fingerprint density at radius 1 is 1.35 bits per heavy atom. The van der Waals surface area contributed by atoms with Crippen LogP contribution in [0.5, 0.6) is 5.75 Å². The molecule has 0 unspecified atom stereocenters. The Morgan fingerprint density at radius 3 is 2.76 bits per heavy atom. The minimum absolute atomic E-state index is 0.282. The fourth-order valence-corrected chi connectivity index (χ4v) is 1.36. The van der Waals surface area contributed by atoms with Gasteiger partial charge in [0.25, 0.3) is 0 Å². The lowest BCUT2D eigenvalue weighted by Gasteiger charge is -2.07. The SMILES string of the molecule is COCCCOc1ccc(C)c(C(=O)N=O)c1. The third-order valence-electron chi connectivity index (χ3n) is 2.28. The summed E-state index contributed by atoms with van der Waals surface area (Å²) in [6.45, 7) is 2.86. The zero-order chi connectivity index (χ0) is 12.7. The lowest BCUT2D eigenvalue weighted by molar-refractivity contribution is 0.0999. The lowest BCUT2D eigenvalue weighted by Crippen LogP contribution is -2.03. The van der Waals surface area contributed by atoms with Crippen molar-refractivity contribution in [2.45, 2.75) is 13.3 Å². The van der Waals surface area contributed by atoms with Gasteiger partial charge in [0.05, 0.1) is 12.2 Å². The third kappa shape index (κ3) is 3.96. The van der Waals surface area contributed by atoms with E-state index in [1.165, 1.54) is 6.07 Å².